The molecule has 1 fully saturated rings. The SMILES string of the molecule is CC(CNC(=O)N1CCN(c2cccs2)CC1)Cn1cccn1. The molecule has 0 saturated carbocycles. The number of piperazine rings is 1. The van der Waals surface area contributed by atoms with Crippen LogP contribution in [0.15, 0.2) is 36.0 Å². The Labute approximate surface area is 140 Å². The lowest BCUT2D eigenvalue weighted by Crippen LogP contribution is -2.52. The van der Waals surface area contributed by atoms with Gasteiger partial charge in [-0.3, -0.25) is 4.68 Å². The number of urea groups is 1. The highest BCUT2D eigenvalue weighted by Crippen LogP contribution is 2.22. The summed E-state index contributed by atoms with van der Waals surface area (Å²) in [4.78, 5) is 16.5. The van der Waals surface area contributed by atoms with Crippen LogP contribution >= 0.6 is 11.3 Å². The zero-order valence-corrected chi connectivity index (χ0v) is 14.2. The molecule has 23 heavy (non-hydrogen) atoms. The Kier molecular flexibility index (Phi) is 5.17. The summed E-state index contributed by atoms with van der Waals surface area (Å²) >= 11 is 1.75. The molecule has 1 aliphatic heterocycles. The third-order valence-electron chi connectivity index (χ3n) is 4.04. The number of thiophene rings is 1. The summed E-state index contributed by atoms with van der Waals surface area (Å²) < 4.78 is 1.90. The summed E-state index contributed by atoms with van der Waals surface area (Å²) in [5.74, 6) is 0.353. The number of aromatic nitrogens is 2. The average molecular weight is 333 g/mol. The van der Waals surface area contributed by atoms with Crippen LogP contribution in [-0.4, -0.2) is 53.4 Å². The van der Waals surface area contributed by atoms with E-state index in [1.165, 1.54) is 5.00 Å². The minimum atomic E-state index is 0.0446. The van der Waals surface area contributed by atoms with Crippen LogP contribution < -0.4 is 10.2 Å². The Hall–Kier alpha value is -2.02. The van der Waals surface area contributed by atoms with Crippen molar-refractivity contribution in [1.29, 1.82) is 0 Å². The molecule has 1 atom stereocenters. The minimum Gasteiger partial charge on any atom is -0.360 e. The van der Waals surface area contributed by atoms with E-state index in [0.717, 1.165) is 32.7 Å². The lowest BCUT2D eigenvalue weighted by Gasteiger charge is -2.35. The van der Waals surface area contributed by atoms with Crippen molar-refractivity contribution in [3.8, 4) is 0 Å². The number of nitrogens with one attached hydrogen (secondary N) is 1. The number of hydrogen-bond donors (Lipinski definition) is 1. The van der Waals surface area contributed by atoms with E-state index in [-0.39, 0.29) is 6.03 Å². The summed E-state index contributed by atoms with van der Waals surface area (Å²) in [5, 5.41) is 10.6. The average Bonchev–Trinajstić information content (AvgIpc) is 3.26. The minimum absolute atomic E-state index is 0.0446. The van der Waals surface area contributed by atoms with Crippen LogP contribution in [0, 0.1) is 5.92 Å². The van der Waals surface area contributed by atoms with Crippen LogP contribution in [0.4, 0.5) is 9.80 Å². The van der Waals surface area contributed by atoms with Gasteiger partial charge in [0.1, 0.15) is 0 Å². The Balaban J connectivity index is 1.39. The van der Waals surface area contributed by atoms with Crippen molar-refractivity contribution < 1.29 is 4.79 Å². The molecule has 3 rings (SSSR count). The molecule has 1 aliphatic rings. The van der Waals surface area contributed by atoms with E-state index >= 15 is 0 Å². The van der Waals surface area contributed by atoms with Crippen LogP contribution in [0.25, 0.3) is 0 Å². The smallest absolute Gasteiger partial charge is 0.317 e. The number of anilines is 1. The third kappa shape index (κ3) is 4.25. The summed E-state index contributed by atoms with van der Waals surface area (Å²) in [6.45, 7) is 6.96. The van der Waals surface area contributed by atoms with Crippen LogP contribution in [-0.2, 0) is 6.54 Å². The number of hydrogen-bond acceptors (Lipinski definition) is 4. The van der Waals surface area contributed by atoms with Gasteiger partial charge < -0.3 is 15.1 Å². The molecule has 3 heterocycles. The fourth-order valence-corrected chi connectivity index (χ4v) is 3.53. The molecule has 1 unspecified atom stereocenters. The highest BCUT2D eigenvalue weighted by molar-refractivity contribution is 7.14. The van der Waals surface area contributed by atoms with Gasteiger partial charge in [-0.25, -0.2) is 4.79 Å². The second-order valence-corrected chi connectivity index (χ2v) is 6.87. The quantitative estimate of drug-likeness (QED) is 0.912. The molecule has 1 N–H and O–H groups in total. The first kappa shape index (κ1) is 15.9. The van der Waals surface area contributed by atoms with Gasteiger partial charge in [0, 0.05) is 51.7 Å². The Bertz CT molecular complexity index is 590. The normalized spacial score (nSPS) is 16.4. The number of rotatable bonds is 5. The van der Waals surface area contributed by atoms with Crippen LogP contribution in [0.3, 0.4) is 0 Å². The predicted octanol–water partition coefficient (Wildman–Crippen LogP) is 2.11. The van der Waals surface area contributed by atoms with Gasteiger partial charge in [0.05, 0.1) is 5.00 Å². The molecule has 1 saturated heterocycles. The van der Waals surface area contributed by atoms with Crippen molar-refractivity contribution in [2.75, 3.05) is 37.6 Å². The first-order valence-electron chi connectivity index (χ1n) is 8.01. The maximum atomic E-state index is 12.3. The van der Waals surface area contributed by atoms with Gasteiger partial charge in [0.2, 0.25) is 0 Å². The summed E-state index contributed by atoms with van der Waals surface area (Å²) in [6.07, 6.45) is 3.72. The van der Waals surface area contributed by atoms with E-state index in [1.54, 1.807) is 17.5 Å². The van der Waals surface area contributed by atoms with Crippen LogP contribution in [0.1, 0.15) is 6.92 Å². The van der Waals surface area contributed by atoms with Crippen molar-refractivity contribution in [3.63, 3.8) is 0 Å². The molecule has 0 bridgehead atoms. The largest absolute Gasteiger partial charge is 0.360 e. The molecule has 0 radical (unpaired) electrons. The monoisotopic (exact) mass is 333 g/mol. The highest BCUT2D eigenvalue weighted by atomic mass is 32.1. The molecule has 0 aliphatic carbocycles. The molecule has 2 aromatic heterocycles. The molecule has 2 amide bonds. The van der Waals surface area contributed by atoms with Crippen LogP contribution in [0.2, 0.25) is 0 Å². The fraction of sp³-hybridized carbons (Fsp3) is 0.500. The maximum absolute atomic E-state index is 12.3. The maximum Gasteiger partial charge on any atom is 0.317 e. The van der Waals surface area contributed by atoms with E-state index in [4.69, 9.17) is 0 Å². The number of nitrogens with zero attached hydrogens (tertiary/aromatic N) is 4. The predicted molar refractivity (Wildman–Crippen MR) is 92.9 cm³/mol. The topological polar surface area (TPSA) is 53.4 Å². The van der Waals surface area contributed by atoms with Crippen molar-refractivity contribution in [1.82, 2.24) is 20.0 Å². The van der Waals surface area contributed by atoms with Crippen LogP contribution in [0.5, 0.6) is 0 Å². The van der Waals surface area contributed by atoms with E-state index in [1.807, 2.05) is 21.8 Å². The molecule has 0 aromatic carbocycles. The molecule has 124 valence electrons. The number of carbonyl (C=O) groups is 1. The van der Waals surface area contributed by atoms with Crippen molar-refractivity contribution >= 4 is 22.4 Å². The van der Waals surface area contributed by atoms with Gasteiger partial charge >= 0.3 is 6.03 Å². The van der Waals surface area contributed by atoms with Gasteiger partial charge in [0.25, 0.3) is 0 Å². The van der Waals surface area contributed by atoms with E-state index in [0.29, 0.717) is 12.5 Å². The highest BCUT2D eigenvalue weighted by Gasteiger charge is 2.21. The number of carbonyl (C=O) groups excluding carboxylic acids is 1. The van der Waals surface area contributed by atoms with E-state index in [2.05, 4.69) is 39.8 Å². The third-order valence-corrected chi connectivity index (χ3v) is 4.97. The van der Waals surface area contributed by atoms with Gasteiger partial charge in [-0.15, -0.1) is 11.3 Å². The van der Waals surface area contributed by atoms with E-state index in [9.17, 15) is 4.79 Å². The summed E-state index contributed by atoms with van der Waals surface area (Å²) in [6, 6.07) is 6.17. The lowest BCUT2D eigenvalue weighted by molar-refractivity contribution is 0.192. The second-order valence-electron chi connectivity index (χ2n) is 5.94. The lowest BCUT2D eigenvalue weighted by atomic mass is 10.2. The standard InChI is InChI=1S/C16H23N5OS/c1-14(13-21-6-3-5-18-21)12-17-16(22)20-9-7-19(8-10-20)15-4-2-11-23-15/h2-6,11,14H,7-10,12-13H2,1H3,(H,17,22). The Morgan fingerprint density at radius 1 is 1.35 bits per heavy atom. The molecular formula is C16H23N5OS. The Morgan fingerprint density at radius 3 is 2.83 bits per heavy atom. The van der Waals surface area contributed by atoms with Gasteiger partial charge in [-0.05, 0) is 29.5 Å². The van der Waals surface area contributed by atoms with Gasteiger partial charge in [-0.2, -0.15) is 5.10 Å². The molecule has 7 heteroatoms. The first-order valence-corrected chi connectivity index (χ1v) is 8.89. The zero-order chi connectivity index (χ0) is 16.1. The molecule has 2 aromatic rings. The van der Waals surface area contributed by atoms with Crippen molar-refractivity contribution in [2.45, 2.75) is 13.5 Å². The summed E-state index contributed by atoms with van der Waals surface area (Å²) in [5.41, 5.74) is 0. The van der Waals surface area contributed by atoms with Crippen molar-refractivity contribution in [2.24, 2.45) is 5.92 Å². The Morgan fingerprint density at radius 2 is 2.17 bits per heavy atom. The molecule has 0 spiro atoms. The molecular weight excluding hydrogens is 310 g/mol. The number of amides is 2. The summed E-state index contributed by atoms with van der Waals surface area (Å²) in [7, 11) is 0. The van der Waals surface area contributed by atoms with E-state index < -0.39 is 0 Å². The fourth-order valence-electron chi connectivity index (χ4n) is 2.75. The zero-order valence-electron chi connectivity index (χ0n) is 13.4. The van der Waals surface area contributed by atoms with Gasteiger partial charge in [0.15, 0.2) is 0 Å². The first-order chi connectivity index (χ1) is 11.2. The van der Waals surface area contributed by atoms with Crippen molar-refractivity contribution in [3.05, 3.63) is 36.0 Å². The van der Waals surface area contributed by atoms with Gasteiger partial charge in [-0.1, -0.05) is 6.92 Å². The second kappa shape index (κ2) is 7.50. The molecule has 6 nitrogen and oxygen atoms in total.